The number of phenolic OH excluding ortho intramolecular Hbond substituents is 4. The van der Waals surface area contributed by atoms with E-state index in [2.05, 4.69) is 5.32 Å². The Morgan fingerprint density at radius 1 is 0.855 bits per heavy atom. The van der Waals surface area contributed by atoms with E-state index in [1.807, 2.05) is 13.0 Å². The van der Waals surface area contributed by atoms with Crippen LogP contribution >= 0.6 is 0 Å². The predicted octanol–water partition coefficient (Wildman–Crippen LogP) is 2.82. The Morgan fingerprint density at radius 3 is 2.00 bits per heavy atom. The Hall–Kier alpha value is -5.87. The molecule has 2 heterocycles. The molecule has 15 heteroatoms. The predicted molar refractivity (Wildman–Crippen MR) is 193 cm³/mol. The van der Waals surface area contributed by atoms with Crippen molar-refractivity contribution in [3.8, 4) is 23.0 Å². The first-order valence-electron chi connectivity index (χ1n) is 17.4. The molecule has 7 rings (SSSR count). The lowest BCUT2D eigenvalue weighted by molar-refractivity contribution is -0.387. The molecule has 1 saturated carbocycles. The number of aliphatic hydroxyl groups is 3. The van der Waals surface area contributed by atoms with Crippen LogP contribution in [0.25, 0.3) is 12.2 Å². The van der Waals surface area contributed by atoms with Gasteiger partial charge in [-0.1, -0.05) is 43.3 Å². The zero-order chi connectivity index (χ0) is 39.9. The number of esters is 2. The van der Waals surface area contributed by atoms with E-state index >= 15 is 0 Å². The van der Waals surface area contributed by atoms with E-state index < -0.39 is 93.6 Å². The van der Waals surface area contributed by atoms with Gasteiger partial charge in [0.2, 0.25) is 5.60 Å². The number of likely N-dealkylation sites (N-methyl/N-ethyl adjacent to an activating group) is 1. The van der Waals surface area contributed by atoms with Crippen molar-refractivity contribution in [1.29, 1.82) is 0 Å². The first-order chi connectivity index (χ1) is 26.0. The number of hydrogen-bond acceptors (Lipinski definition) is 14. The van der Waals surface area contributed by atoms with E-state index in [0.717, 1.165) is 29.8 Å². The fourth-order valence-electron chi connectivity index (χ4n) is 8.03. The van der Waals surface area contributed by atoms with Crippen LogP contribution in [0.3, 0.4) is 0 Å². The second-order valence-corrected chi connectivity index (χ2v) is 13.9. The Bertz CT molecular complexity index is 2110. The van der Waals surface area contributed by atoms with Gasteiger partial charge in [-0.25, -0.2) is 14.4 Å². The molecular formula is C40H41NO14. The maximum atomic E-state index is 14.0. The van der Waals surface area contributed by atoms with Gasteiger partial charge >= 0.3 is 17.9 Å². The second-order valence-electron chi connectivity index (χ2n) is 13.9. The van der Waals surface area contributed by atoms with Crippen molar-refractivity contribution in [3.63, 3.8) is 0 Å². The first-order valence-corrected chi connectivity index (χ1v) is 17.4. The van der Waals surface area contributed by atoms with Crippen LogP contribution < -0.4 is 5.32 Å². The maximum absolute atomic E-state index is 14.0. The Balaban J connectivity index is 1.56. The van der Waals surface area contributed by atoms with Gasteiger partial charge in [-0.3, -0.25) is 5.32 Å². The minimum Gasteiger partial charge on any atom is -0.509 e. The van der Waals surface area contributed by atoms with Crippen molar-refractivity contribution in [2.24, 2.45) is 11.8 Å². The molecule has 1 spiro atoms. The Labute approximate surface area is 314 Å². The third-order valence-corrected chi connectivity index (χ3v) is 10.8. The molecule has 0 aromatic heterocycles. The summed E-state index contributed by atoms with van der Waals surface area (Å²) in [5.41, 5.74) is -8.75. The number of rotatable bonds is 11. The smallest absolute Gasteiger partial charge is 0.336 e. The number of aliphatic hydroxyl groups excluding tert-OH is 1. The molecule has 7 atom stereocenters. The fourth-order valence-corrected chi connectivity index (χ4v) is 8.03. The lowest BCUT2D eigenvalue weighted by Gasteiger charge is -2.69. The average molecular weight is 760 g/mol. The van der Waals surface area contributed by atoms with Crippen molar-refractivity contribution in [3.05, 3.63) is 107 Å². The number of aliphatic carboxylic acids is 1. The first kappa shape index (κ1) is 38.8. The molecule has 1 saturated heterocycles. The third-order valence-electron chi connectivity index (χ3n) is 10.8. The number of aryl methyl sites for hydroxylation is 1. The molecule has 4 aliphatic rings. The van der Waals surface area contributed by atoms with Crippen LogP contribution in [0.2, 0.25) is 0 Å². The summed E-state index contributed by atoms with van der Waals surface area (Å²) in [5.74, 6) is -9.53. The van der Waals surface area contributed by atoms with Gasteiger partial charge in [0.15, 0.2) is 46.0 Å². The van der Waals surface area contributed by atoms with Gasteiger partial charge in [-0.15, -0.1) is 0 Å². The van der Waals surface area contributed by atoms with Crippen molar-refractivity contribution in [1.82, 2.24) is 5.32 Å². The third kappa shape index (κ3) is 6.44. The SMILES string of the molecule is CCc1cccc(C[C@@H]2[C@@H](OC(=O)/C=C/c3ccc(O)c(O)c3)[C@@]3(OC(=O)/C=C/c4ccc(O)c(O)c4)C4(C[C@]2(O)C(=O)O)OCC(C=C4O)[C@@]3(O)NC)c1. The highest BCUT2D eigenvalue weighted by Gasteiger charge is 2.85. The standard InChI is InChI=1S/C40H41NO14/c1-3-22-5-4-6-25(15-22)16-27-35(54-33(47)13-9-23-7-11-28(42)30(44)17-23)39(55-34(48)14-10-24-8-12-29(43)31(45)18-24)38(21-37(27,51)36(49)50)32(46)19-26(20-53-38)40(39,52)41-2/h4-15,17-19,26-27,35,41-46,51-52H,3,16,20-21H2,1-2H3,(H,49,50)/b13-9+,14-10+/t26?,27-,35-,37-,38?,39-,40+/m1/s1. The number of ether oxygens (including phenoxy) is 3. The molecule has 2 fully saturated rings. The summed E-state index contributed by atoms with van der Waals surface area (Å²) in [4.78, 5) is 41.2. The van der Waals surface area contributed by atoms with Crippen LogP contribution in [0.4, 0.5) is 0 Å². The Morgan fingerprint density at radius 2 is 1.45 bits per heavy atom. The minimum atomic E-state index is -2.87. The summed E-state index contributed by atoms with van der Waals surface area (Å²) in [6.07, 6.45) is 2.65. The van der Waals surface area contributed by atoms with E-state index in [1.54, 1.807) is 18.2 Å². The second kappa shape index (κ2) is 14.4. The van der Waals surface area contributed by atoms with E-state index in [0.29, 0.717) is 12.0 Å². The van der Waals surface area contributed by atoms with Gasteiger partial charge in [0.05, 0.1) is 12.5 Å². The van der Waals surface area contributed by atoms with Gasteiger partial charge < -0.3 is 55.1 Å². The molecule has 2 bridgehead atoms. The van der Waals surface area contributed by atoms with Gasteiger partial charge in [-0.05, 0) is 84.6 Å². The van der Waals surface area contributed by atoms with Crippen LogP contribution in [0, 0.1) is 11.8 Å². The summed E-state index contributed by atoms with van der Waals surface area (Å²) in [7, 11) is 1.32. The highest BCUT2D eigenvalue weighted by Crippen LogP contribution is 2.63. The van der Waals surface area contributed by atoms with Gasteiger partial charge in [0.25, 0.3) is 0 Å². The number of benzene rings is 3. The Kier molecular flexibility index (Phi) is 10.2. The number of nitrogens with one attached hydrogen (secondary N) is 1. The number of carboxylic acid groups (broad SMARTS) is 1. The zero-order valence-electron chi connectivity index (χ0n) is 29.7. The van der Waals surface area contributed by atoms with Crippen molar-refractivity contribution in [2.75, 3.05) is 13.7 Å². The number of phenols is 4. The number of carboxylic acids is 1. The van der Waals surface area contributed by atoms with Gasteiger partial charge in [0.1, 0.15) is 5.76 Å². The number of carbonyl (C=O) groups excluding carboxylic acids is 2. The van der Waals surface area contributed by atoms with Crippen LogP contribution in [-0.2, 0) is 41.4 Å². The van der Waals surface area contributed by atoms with Crippen LogP contribution in [0.15, 0.2) is 84.7 Å². The lowest BCUT2D eigenvalue weighted by Crippen LogP contribution is -2.90. The molecule has 3 aromatic rings. The topological polar surface area (TPSA) is 253 Å². The molecular weight excluding hydrogens is 718 g/mol. The van der Waals surface area contributed by atoms with E-state index in [1.165, 1.54) is 49.5 Å². The summed E-state index contributed by atoms with van der Waals surface area (Å²) >= 11 is 0. The number of carbonyl (C=O) groups is 3. The molecule has 290 valence electrons. The number of hydrogen-bond donors (Lipinski definition) is 9. The maximum Gasteiger partial charge on any atom is 0.336 e. The summed E-state index contributed by atoms with van der Waals surface area (Å²) < 4.78 is 18.4. The summed E-state index contributed by atoms with van der Waals surface area (Å²) in [6, 6.07) is 14.4. The number of aromatic hydroxyl groups is 4. The monoisotopic (exact) mass is 759 g/mol. The molecule has 2 aliphatic carbocycles. The highest BCUT2D eigenvalue weighted by atomic mass is 16.6. The van der Waals surface area contributed by atoms with Crippen LogP contribution in [-0.4, -0.2) is 101 Å². The lowest BCUT2D eigenvalue weighted by atomic mass is 9.49. The van der Waals surface area contributed by atoms with Gasteiger partial charge in [-0.2, -0.15) is 0 Å². The summed E-state index contributed by atoms with van der Waals surface area (Å²) in [5, 5.41) is 89.7. The normalized spacial score (nSPS) is 29.8. The van der Waals surface area contributed by atoms with E-state index in [-0.39, 0.29) is 24.2 Å². The van der Waals surface area contributed by atoms with Crippen LogP contribution in [0.5, 0.6) is 23.0 Å². The summed E-state index contributed by atoms with van der Waals surface area (Å²) in [6.45, 7) is 1.55. The molecule has 9 N–H and O–H groups in total. The molecule has 15 nitrogen and oxygen atoms in total. The molecule has 0 radical (unpaired) electrons. The fraction of sp³-hybridized carbons (Fsp3) is 0.325. The quantitative estimate of drug-likeness (QED) is 0.0590. The molecule has 0 amide bonds. The van der Waals surface area contributed by atoms with Crippen LogP contribution in [0.1, 0.15) is 35.6 Å². The van der Waals surface area contributed by atoms with Gasteiger partial charge in [0, 0.05) is 24.5 Å². The molecule has 2 aliphatic heterocycles. The van der Waals surface area contributed by atoms with Crippen molar-refractivity contribution in [2.45, 2.75) is 54.8 Å². The minimum absolute atomic E-state index is 0.235. The largest absolute Gasteiger partial charge is 0.509 e. The average Bonchev–Trinajstić information content (AvgIpc) is 3.15. The molecule has 3 aromatic carbocycles. The van der Waals surface area contributed by atoms with Crippen molar-refractivity contribution >= 4 is 30.1 Å². The number of fused-ring (bicyclic) bond motifs is 1. The van der Waals surface area contributed by atoms with E-state index in [4.69, 9.17) is 14.2 Å². The molecule has 2 unspecified atom stereocenters. The zero-order valence-corrected chi connectivity index (χ0v) is 29.7. The molecule has 55 heavy (non-hydrogen) atoms. The highest BCUT2D eigenvalue weighted by molar-refractivity contribution is 5.89. The van der Waals surface area contributed by atoms with Crippen molar-refractivity contribution < 1.29 is 69.4 Å². The van der Waals surface area contributed by atoms with E-state index in [9.17, 15) is 55.2 Å².